The summed E-state index contributed by atoms with van der Waals surface area (Å²) in [4.78, 5) is 4.44. The first-order valence-corrected chi connectivity index (χ1v) is 7.98. The quantitative estimate of drug-likeness (QED) is 0.789. The molecule has 0 aliphatic rings. The molecule has 1 N–H and O–H groups in total. The smallest absolute Gasteiger partial charge is 0.137 e. The molecule has 0 bridgehead atoms. The minimum Gasteiger partial charge on any atom is -0.309 e. The van der Waals surface area contributed by atoms with E-state index in [4.69, 9.17) is 0 Å². The Hall–Kier alpha value is -0.780. The van der Waals surface area contributed by atoms with Crippen LogP contribution in [-0.4, -0.2) is 11.5 Å². The van der Waals surface area contributed by atoms with Crippen LogP contribution < -0.4 is 5.32 Å². The first kappa shape index (κ1) is 15.6. The number of nitrogens with one attached hydrogen (secondary N) is 1. The highest BCUT2D eigenvalue weighted by molar-refractivity contribution is 9.10. The van der Waals surface area contributed by atoms with Crippen molar-refractivity contribution in [3.8, 4) is 0 Å². The van der Waals surface area contributed by atoms with Crippen molar-refractivity contribution in [2.75, 3.05) is 6.54 Å². The molecule has 106 valence electrons. The lowest BCUT2D eigenvalue weighted by atomic mass is 10.0. The van der Waals surface area contributed by atoms with E-state index in [-0.39, 0.29) is 11.9 Å². The molecule has 2 aromatic rings. The Kier molecular flexibility index (Phi) is 5.69. The molecule has 1 atom stereocenters. The Bertz CT molecular complexity index is 590. The molecule has 1 aromatic heterocycles. The Balaban J connectivity index is 2.25. The predicted octanol–water partition coefficient (Wildman–Crippen LogP) is 4.64. The number of benzene rings is 1. The van der Waals surface area contributed by atoms with E-state index in [2.05, 4.69) is 49.1 Å². The minimum absolute atomic E-state index is 0.0907. The van der Waals surface area contributed by atoms with E-state index in [9.17, 15) is 4.39 Å². The Morgan fingerprint density at radius 3 is 2.70 bits per heavy atom. The molecule has 0 radical (unpaired) electrons. The van der Waals surface area contributed by atoms with Gasteiger partial charge < -0.3 is 5.32 Å². The van der Waals surface area contributed by atoms with Crippen molar-refractivity contribution in [1.29, 1.82) is 0 Å². The third kappa shape index (κ3) is 3.87. The van der Waals surface area contributed by atoms with Gasteiger partial charge in [0.25, 0.3) is 0 Å². The number of likely N-dealkylation sites (N-methyl/N-ethyl adjacent to an activating group) is 1. The summed E-state index contributed by atoms with van der Waals surface area (Å²) in [5.41, 5.74) is 2.02. The first-order valence-electron chi connectivity index (χ1n) is 6.39. The number of aromatic nitrogens is 1. The highest BCUT2D eigenvalue weighted by atomic mass is 79.9. The number of hydrogen-bond acceptors (Lipinski definition) is 2. The van der Waals surface area contributed by atoms with Crippen LogP contribution in [0.5, 0.6) is 0 Å². The van der Waals surface area contributed by atoms with Crippen LogP contribution in [0.1, 0.15) is 24.2 Å². The highest BCUT2D eigenvalue weighted by Gasteiger charge is 2.16. The fourth-order valence-corrected chi connectivity index (χ4v) is 3.03. The fourth-order valence-electron chi connectivity index (χ4n) is 2.07. The second-order valence-electron chi connectivity index (χ2n) is 4.43. The topological polar surface area (TPSA) is 24.9 Å². The van der Waals surface area contributed by atoms with Gasteiger partial charge in [0.2, 0.25) is 0 Å². The van der Waals surface area contributed by atoms with Gasteiger partial charge in [-0.15, -0.1) is 0 Å². The first-order chi connectivity index (χ1) is 9.61. The van der Waals surface area contributed by atoms with Gasteiger partial charge in [-0.05, 0) is 74.7 Å². The molecule has 1 heterocycles. The zero-order valence-electron chi connectivity index (χ0n) is 11.0. The molecular weight excluding hydrogens is 387 g/mol. The maximum Gasteiger partial charge on any atom is 0.137 e. The lowest BCUT2D eigenvalue weighted by molar-refractivity contribution is 0.533. The maximum atomic E-state index is 13.3. The number of pyridine rings is 1. The zero-order chi connectivity index (χ0) is 14.5. The van der Waals surface area contributed by atoms with Gasteiger partial charge in [0.1, 0.15) is 5.82 Å². The van der Waals surface area contributed by atoms with E-state index >= 15 is 0 Å². The minimum atomic E-state index is -0.243. The SMILES string of the molecule is CCNC(Cc1ccc(F)c(Br)c1)c1ncccc1Br. The van der Waals surface area contributed by atoms with Crippen molar-refractivity contribution in [3.63, 3.8) is 0 Å². The van der Waals surface area contributed by atoms with Gasteiger partial charge in [-0.25, -0.2) is 4.39 Å². The van der Waals surface area contributed by atoms with Crippen molar-refractivity contribution in [3.05, 3.63) is 62.5 Å². The van der Waals surface area contributed by atoms with E-state index in [0.29, 0.717) is 4.47 Å². The van der Waals surface area contributed by atoms with Crippen LogP contribution in [0.15, 0.2) is 45.5 Å². The second-order valence-corrected chi connectivity index (χ2v) is 6.14. The van der Waals surface area contributed by atoms with Crippen LogP contribution in [0.2, 0.25) is 0 Å². The number of nitrogens with zero attached hydrogens (tertiary/aromatic N) is 1. The molecule has 1 unspecified atom stereocenters. The third-order valence-corrected chi connectivity index (χ3v) is 4.27. The molecule has 5 heteroatoms. The summed E-state index contributed by atoms with van der Waals surface area (Å²) in [6, 6.07) is 9.07. The Labute approximate surface area is 135 Å². The van der Waals surface area contributed by atoms with Crippen LogP contribution in [-0.2, 0) is 6.42 Å². The molecule has 0 fully saturated rings. The summed E-state index contributed by atoms with van der Waals surface area (Å²) >= 11 is 6.76. The number of hydrogen-bond donors (Lipinski definition) is 1. The lowest BCUT2D eigenvalue weighted by Crippen LogP contribution is -2.24. The molecular formula is C15H15Br2FN2. The van der Waals surface area contributed by atoms with Gasteiger partial charge in [0.05, 0.1) is 16.2 Å². The van der Waals surface area contributed by atoms with Crippen LogP contribution in [0.3, 0.4) is 0 Å². The summed E-state index contributed by atoms with van der Waals surface area (Å²) in [7, 11) is 0. The highest BCUT2D eigenvalue weighted by Crippen LogP contribution is 2.25. The van der Waals surface area contributed by atoms with Gasteiger partial charge in [-0.3, -0.25) is 4.98 Å². The molecule has 0 amide bonds. The predicted molar refractivity (Wildman–Crippen MR) is 86.2 cm³/mol. The lowest BCUT2D eigenvalue weighted by Gasteiger charge is -2.19. The monoisotopic (exact) mass is 400 g/mol. The van der Waals surface area contributed by atoms with Gasteiger partial charge in [0, 0.05) is 10.7 Å². The molecule has 0 aliphatic carbocycles. The van der Waals surface area contributed by atoms with E-state index in [1.807, 2.05) is 18.2 Å². The van der Waals surface area contributed by atoms with Crippen molar-refractivity contribution in [2.24, 2.45) is 0 Å². The standard InChI is InChI=1S/C15H15Br2FN2/c1-2-19-14(15-11(16)4-3-7-20-15)9-10-5-6-13(18)12(17)8-10/h3-8,14,19H,2,9H2,1H3. The van der Waals surface area contributed by atoms with Crippen LogP contribution in [0.25, 0.3) is 0 Å². The summed E-state index contributed by atoms with van der Waals surface area (Å²) < 4.78 is 14.8. The average Bonchev–Trinajstić information content (AvgIpc) is 2.43. The van der Waals surface area contributed by atoms with Gasteiger partial charge in [-0.1, -0.05) is 13.0 Å². The molecule has 1 aromatic carbocycles. The summed E-state index contributed by atoms with van der Waals surface area (Å²) in [5, 5.41) is 3.42. The van der Waals surface area contributed by atoms with E-state index in [1.165, 1.54) is 6.07 Å². The average molecular weight is 402 g/mol. The number of halogens is 3. The van der Waals surface area contributed by atoms with Crippen molar-refractivity contribution in [2.45, 2.75) is 19.4 Å². The zero-order valence-corrected chi connectivity index (χ0v) is 14.2. The van der Waals surface area contributed by atoms with Gasteiger partial charge >= 0.3 is 0 Å². The molecule has 0 saturated heterocycles. The second kappa shape index (κ2) is 7.29. The molecule has 2 nitrogen and oxygen atoms in total. The normalized spacial score (nSPS) is 12.4. The molecule has 0 saturated carbocycles. The molecule has 0 spiro atoms. The van der Waals surface area contributed by atoms with E-state index in [0.717, 1.165) is 28.7 Å². The fraction of sp³-hybridized carbons (Fsp3) is 0.267. The maximum absolute atomic E-state index is 13.3. The van der Waals surface area contributed by atoms with Crippen LogP contribution in [0.4, 0.5) is 4.39 Å². The Morgan fingerprint density at radius 2 is 2.05 bits per heavy atom. The largest absolute Gasteiger partial charge is 0.309 e. The summed E-state index contributed by atoms with van der Waals surface area (Å²) in [6.45, 7) is 2.90. The molecule has 20 heavy (non-hydrogen) atoms. The third-order valence-electron chi connectivity index (χ3n) is 2.99. The molecule has 0 aliphatic heterocycles. The van der Waals surface area contributed by atoms with E-state index in [1.54, 1.807) is 12.3 Å². The summed E-state index contributed by atoms with van der Waals surface area (Å²) in [6.07, 6.45) is 2.54. The van der Waals surface area contributed by atoms with Crippen molar-refractivity contribution < 1.29 is 4.39 Å². The van der Waals surface area contributed by atoms with Crippen LogP contribution in [0, 0.1) is 5.82 Å². The summed E-state index contributed by atoms with van der Waals surface area (Å²) in [5.74, 6) is -0.243. The van der Waals surface area contributed by atoms with Crippen molar-refractivity contribution in [1.82, 2.24) is 10.3 Å². The van der Waals surface area contributed by atoms with Crippen molar-refractivity contribution >= 4 is 31.9 Å². The van der Waals surface area contributed by atoms with Crippen LogP contribution >= 0.6 is 31.9 Å². The Morgan fingerprint density at radius 1 is 1.25 bits per heavy atom. The van der Waals surface area contributed by atoms with Gasteiger partial charge in [-0.2, -0.15) is 0 Å². The van der Waals surface area contributed by atoms with Gasteiger partial charge in [0.15, 0.2) is 0 Å². The molecule has 2 rings (SSSR count). The number of rotatable bonds is 5. The van der Waals surface area contributed by atoms with E-state index < -0.39 is 0 Å².